The Hall–Kier alpha value is -4.13. The average Bonchev–Trinajstić information content (AvgIpc) is 3.49. The third-order valence-electron chi connectivity index (χ3n) is 7.22. The van der Waals surface area contributed by atoms with E-state index in [1.807, 2.05) is 0 Å². The van der Waals surface area contributed by atoms with Crippen molar-refractivity contribution < 1.29 is 53.4 Å². The van der Waals surface area contributed by atoms with E-state index < -0.39 is 60.6 Å². The van der Waals surface area contributed by atoms with Crippen LogP contribution in [0.5, 0.6) is 0 Å². The molecule has 0 spiro atoms. The second-order valence-corrected chi connectivity index (χ2v) is 10.4. The van der Waals surface area contributed by atoms with Crippen molar-refractivity contribution in [3.8, 4) is 0 Å². The Morgan fingerprint density at radius 2 is 1.05 bits per heavy atom. The zero-order chi connectivity index (χ0) is 31.6. The highest BCUT2D eigenvalue weighted by Crippen LogP contribution is 2.29. The Morgan fingerprint density at radius 3 is 1.45 bits per heavy atom. The van der Waals surface area contributed by atoms with Gasteiger partial charge in [0.15, 0.2) is 12.2 Å². The van der Waals surface area contributed by atoms with Crippen LogP contribution >= 0.6 is 0 Å². The molecule has 0 bridgehead atoms. The molecule has 11 nitrogen and oxygen atoms in total. The molecule has 0 aromatic heterocycles. The van der Waals surface area contributed by atoms with Crippen molar-refractivity contribution in [3.63, 3.8) is 0 Å². The lowest BCUT2D eigenvalue weighted by atomic mass is 10.1. The van der Waals surface area contributed by atoms with Gasteiger partial charge in [-0.05, 0) is 50.2 Å². The molecule has 2 aliphatic rings. The Balaban J connectivity index is 0.000000375. The van der Waals surface area contributed by atoms with Gasteiger partial charge in [0, 0.05) is 0 Å². The maximum absolute atomic E-state index is 12.8. The number of aliphatic hydroxyl groups excluding tert-OH is 3. The van der Waals surface area contributed by atoms with Crippen molar-refractivity contribution in [2.75, 3.05) is 13.2 Å². The third kappa shape index (κ3) is 8.28. The second kappa shape index (κ2) is 15.6. The first-order valence-electron chi connectivity index (χ1n) is 14.2. The number of hydrogen-bond donors (Lipinski definition) is 3. The summed E-state index contributed by atoms with van der Waals surface area (Å²) in [5.41, 5.74) is 1.09. The molecular weight excluding hydrogens is 572 g/mol. The minimum atomic E-state index is -0.973. The van der Waals surface area contributed by atoms with Crippen molar-refractivity contribution in [2.24, 2.45) is 0 Å². The molecule has 3 N–H and O–H groups in total. The minimum Gasteiger partial charge on any atom is -0.459 e. The number of hydrogen-bond acceptors (Lipinski definition) is 11. The van der Waals surface area contributed by atoms with E-state index in [1.54, 1.807) is 105 Å². The van der Waals surface area contributed by atoms with Gasteiger partial charge >= 0.3 is 17.9 Å². The van der Waals surface area contributed by atoms with Crippen LogP contribution in [0.25, 0.3) is 0 Å². The van der Waals surface area contributed by atoms with E-state index in [4.69, 9.17) is 39.0 Å². The van der Waals surface area contributed by atoms with Gasteiger partial charge in [-0.3, -0.25) is 0 Å². The summed E-state index contributed by atoms with van der Waals surface area (Å²) in [7, 11) is 0. The SMILES string of the molecule is C[C@H]1O[C@@H](CO)[C@H](O)[C@@H]1O.C[C@H]1O[C@@H](COC(=O)c2ccccc2)[C@H](OC(=O)c2ccccc2)[C@@H]1OC(=O)c1ccccc1. The molecule has 2 heterocycles. The Kier molecular flexibility index (Phi) is 11.6. The predicted octanol–water partition coefficient (Wildman–Crippen LogP) is 2.57. The number of carbonyl (C=O) groups excluding carboxylic acids is 3. The Morgan fingerprint density at radius 1 is 0.614 bits per heavy atom. The molecule has 3 aromatic rings. The van der Waals surface area contributed by atoms with Crippen molar-refractivity contribution in [3.05, 3.63) is 108 Å². The smallest absolute Gasteiger partial charge is 0.338 e. The van der Waals surface area contributed by atoms with Gasteiger partial charge in [0.2, 0.25) is 0 Å². The van der Waals surface area contributed by atoms with Gasteiger partial charge in [-0.2, -0.15) is 0 Å². The monoisotopic (exact) mass is 608 g/mol. The normalized spacial score (nSPS) is 27.5. The highest BCUT2D eigenvalue weighted by atomic mass is 16.6. The molecule has 5 rings (SSSR count). The van der Waals surface area contributed by atoms with E-state index in [2.05, 4.69) is 0 Å². The van der Waals surface area contributed by atoms with E-state index in [-0.39, 0.29) is 19.3 Å². The summed E-state index contributed by atoms with van der Waals surface area (Å²) in [6, 6.07) is 25.5. The van der Waals surface area contributed by atoms with Crippen LogP contribution < -0.4 is 0 Å². The molecule has 44 heavy (non-hydrogen) atoms. The molecule has 0 unspecified atom stereocenters. The number of aliphatic hydroxyl groups is 3. The highest BCUT2D eigenvalue weighted by Gasteiger charge is 2.48. The van der Waals surface area contributed by atoms with Crippen molar-refractivity contribution in [2.45, 2.75) is 62.7 Å². The predicted molar refractivity (Wildman–Crippen MR) is 156 cm³/mol. The van der Waals surface area contributed by atoms with Crippen LogP contribution in [0, 0.1) is 0 Å². The number of benzene rings is 3. The Bertz CT molecular complexity index is 1350. The summed E-state index contributed by atoms with van der Waals surface area (Å²) >= 11 is 0. The van der Waals surface area contributed by atoms with Crippen LogP contribution in [-0.2, 0) is 23.7 Å². The summed E-state index contributed by atoms with van der Waals surface area (Å²) in [5.74, 6) is -1.69. The molecule has 0 amide bonds. The number of carbonyl (C=O) groups is 3. The van der Waals surface area contributed by atoms with Gasteiger partial charge in [0.1, 0.15) is 31.0 Å². The maximum Gasteiger partial charge on any atom is 0.338 e. The molecular formula is C33H36O11. The van der Waals surface area contributed by atoms with Crippen LogP contribution in [0.15, 0.2) is 91.0 Å². The summed E-state index contributed by atoms with van der Waals surface area (Å²) in [6.45, 7) is 2.95. The number of esters is 3. The Labute approximate surface area is 254 Å². The summed E-state index contributed by atoms with van der Waals surface area (Å²) in [5, 5.41) is 26.8. The quantitative estimate of drug-likeness (QED) is 0.255. The van der Waals surface area contributed by atoms with E-state index in [9.17, 15) is 14.4 Å². The first kappa shape index (κ1) is 32.8. The molecule has 0 aliphatic carbocycles. The lowest BCUT2D eigenvalue weighted by Crippen LogP contribution is -2.41. The van der Waals surface area contributed by atoms with Crippen LogP contribution in [0.3, 0.4) is 0 Å². The first-order chi connectivity index (χ1) is 21.2. The van der Waals surface area contributed by atoms with Crippen LogP contribution in [0.4, 0.5) is 0 Å². The zero-order valence-corrected chi connectivity index (χ0v) is 24.3. The first-order valence-corrected chi connectivity index (χ1v) is 14.2. The topological polar surface area (TPSA) is 158 Å². The van der Waals surface area contributed by atoms with Gasteiger partial charge in [-0.25, -0.2) is 14.4 Å². The molecule has 2 aliphatic heterocycles. The van der Waals surface area contributed by atoms with E-state index >= 15 is 0 Å². The summed E-state index contributed by atoms with van der Waals surface area (Å²) < 4.78 is 27.8. The molecule has 0 saturated carbocycles. The molecule has 11 heteroatoms. The molecule has 0 radical (unpaired) electrons. The molecule has 8 atom stereocenters. The lowest BCUT2D eigenvalue weighted by Gasteiger charge is -2.24. The second-order valence-electron chi connectivity index (χ2n) is 10.4. The standard InChI is InChI=1S/C27H24O7.C6H12O4/c1-18-23(33-26(29)20-13-7-3-8-14-20)24(34-27(30)21-15-9-4-10-16-21)22(32-18)17-31-25(28)19-11-5-2-6-12-19;1-3-5(8)6(9)4(2-7)10-3/h2-16,18,22-24H,17H2,1H3;3-9H,2H2,1H3/t18-,22+,23-,24+;3-,4+,5-,6+/m11/s1. The van der Waals surface area contributed by atoms with Crippen molar-refractivity contribution in [1.29, 1.82) is 0 Å². The van der Waals surface area contributed by atoms with Crippen molar-refractivity contribution in [1.82, 2.24) is 0 Å². The van der Waals surface area contributed by atoms with Gasteiger partial charge in [0.25, 0.3) is 0 Å². The number of rotatable bonds is 8. The highest BCUT2D eigenvalue weighted by molar-refractivity contribution is 5.91. The van der Waals surface area contributed by atoms with Gasteiger partial charge < -0.3 is 39.0 Å². The maximum atomic E-state index is 12.8. The minimum absolute atomic E-state index is 0.176. The van der Waals surface area contributed by atoms with E-state index in [0.717, 1.165) is 0 Å². The van der Waals surface area contributed by atoms with Gasteiger partial charge in [0.05, 0.1) is 35.5 Å². The fourth-order valence-electron chi connectivity index (χ4n) is 4.78. The van der Waals surface area contributed by atoms with Crippen LogP contribution in [0.1, 0.15) is 44.9 Å². The van der Waals surface area contributed by atoms with Crippen LogP contribution in [-0.4, -0.2) is 95.3 Å². The fourth-order valence-corrected chi connectivity index (χ4v) is 4.78. The molecule has 2 saturated heterocycles. The van der Waals surface area contributed by atoms with E-state index in [0.29, 0.717) is 16.7 Å². The zero-order valence-electron chi connectivity index (χ0n) is 24.3. The summed E-state index contributed by atoms with van der Waals surface area (Å²) in [6.07, 6.45) is -6.08. The van der Waals surface area contributed by atoms with Gasteiger partial charge in [-0.1, -0.05) is 54.6 Å². The van der Waals surface area contributed by atoms with E-state index in [1.165, 1.54) is 0 Å². The molecule has 3 aromatic carbocycles. The molecule has 234 valence electrons. The number of ether oxygens (including phenoxy) is 5. The average molecular weight is 609 g/mol. The molecule has 2 fully saturated rings. The van der Waals surface area contributed by atoms with Gasteiger partial charge in [-0.15, -0.1) is 0 Å². The van der Waals surface area contributed by atoms with Crippen LogP contribution in [0.2, 0.25) is 0 Å². The fraction of sp³-hybridized carbons (Fsp3) is 0.364. The third-order valence-corrected chi connectivity index (χ3v) is 7.22. The van der Waals surface area contributed by atoms with Crippen molar-refractivity contribution >= 4 is 17.9 Å². The lowest BCUT2D eigenvalue weighted by molar-refractivity contribution is -0.0442. The summed E-state index contributed by atoms with van der Waals surface area (Å²) in [4.78, 5) is 37.9. The largest absolute Gasteiger partial charge is 0.459 e.